The molecule has 0 heterocycles. The molecule has 6 N–H and O–H groups in total. The maximum atomic E-state index is 14.3. The van der Waals surface area contributed by atoms with Gasteiger partial charge in [0.2, 0.25) is 23.6 Å². The third-order valence-electron chi connectivity index (χ3n) is 9.99. The summed E-state index contributed by atoms with van der Waals surface area (Å²) in [5, 5.41) is 23.2. The molecule has 5 amide bonds. The van der Waals surface area contributed by atoms with Crippen LogP contribution in [0.3, 0.4) is 0 Å². The molecule has 1 aliphatic carbocycles. The standard InChI is InChI=1S/C47H51N5O7/c1-32(47(58)59)49-45(56)40(30-34-16-8-3-9-17-34)52-46(57)41(31-35-22-25-37(26-23-35)36-18-10-4-11-19-36)51-44(55)39(27-24-33-14-6-2-7-15-33)50-42(53)28-29-48-43(54)38-20-12-5-13-21-38/h2-16,18-23,25-26,32,34,39-41H,17,24,27-31H2,1H3,(H,48,54)(H,49,56)(H,50,53)(H,51,55)(H,52,57)(H,58,59)/t32?,34?,39-,40+,41+/m1/s1. The van der Waals surface area contributed by atoms with Crippen molar-refractivity contribution in [3.63, 3.8) is 0 Å². The van der Waals surface area contributed by atoms with E-state index in [1.165, 1.54) is 6.92 Å². The Hall–Kier alpha value is -6.82. The summed E-state index contributed by atoms with van der Waals surface area (Å²) in [6.45, 7) is 1.37. The van der Waals surface area contributed by atoms with Gasteiger partial charge in [0.05, 0.1) is 0 Å². The SMILES string of the molecule is CC(NC(=O)[C@H](CC1C=CC=CC1)NC(=O)[C@H](Cc1ccc(-c2ccccc2)cc1)NC(=O)[C@@H](CCc1ccccc1)NC(=O)CCNC(=O)c1ccccc1)C(=O)O. The van der Waals surface area contributed by atoms with E-state index in [0.717, 1.165) is 22.3 Å². The fraction of sp³-hybridized carbons (Fsp3) is 0.277. The third-order valence-corrected chi connectivity index (χ3v) is 9.99. The Morgan fingerprint density at radius 3 is 1.88 bits per heavy atom. The highest BCUT2D eigenvalue weighted by Gasteiger charge is 2.32. The summed E-state index contributed by atoms with van der Waals surface area (Å²) in [7, 11) is 0. The molecule has 0 fully saturated rings. The van der Waals surface area contributed by atoms with Gasteiger partial charge in [0.15, 0.2) is 0 Å². The number of carboxylic acid groups (broad SMARTS) is 1. The first-order chi connectivity index (χ1) is 28.5. The molecular weight excluding hydrogens is 747 g/mol. The summed E-state index contributed by atoms with van der Waals surface area (Å²) >= 11 is 0. The molecule has 0 radical (unpaired) electrons. The topological polar surface area (TPSA) is 183 Å². The Labute approximate surface area is 344 Å². The Morgan fingerprint density at radius 2 is 1.24 bits per heavy atom. The van der Waals surface area contributed by atoms with E-state index in [4.69, 9.17) is 0 Å². The van der Waals surface area contributed by atoms with Crippen molar-refractivity contribution in [3.8, 4) is 11.1 Å². The summed E-state index contributed by atoms with van der Waals surface area (Å²) in [6, 6.07) is 30.9. The molecule has 12 heteroatoms. The average Bonchev–Trinajstić information content (AvgIpc) is 3.26. The highest BCUT2D eigenvalue weighted by molar-refractivity contribution is 5.96. The van der Waals surface area contributed by atoms with E-state index in [9.17, 15) is 33.9 Å². The van der Waals surface area contributed by atoms with E-state index in [1.54, 1.807) is 30.3 Å². The minimum Gasteiger partial charge on any atom is -0.480 e. The summed E-state index contributed by atoms with van der Waals surface area (Å²) in [6.07, 6.45) is 9.02. The molecule has 0 aliphatic heterocycles. The monoisotopic (exact) mass is 797 g/mol. The number of carbonyl (C=O) groups is 6. The van der Waals surface area contributed by atoms with E-state index in [1.807, 2.05) is 109 Å². The predicted octanol–water partition coefficient (Wildman–Crippen LogP) is 4.92. The normalized spacial score (nSPS) is 15.1. The number of allylic oxidation sites excluding steroid dienone is 4. The van der Waals surface area contributed by atoms with Crippen LogP contribution >= 0.6 is 0 Å². The molecule has 4 aromatic carbocycles. The second kappa shape index (κ2) is 22.2. The zero-order valence-corrected chi connectivity index (χ0v) is 33.0. The van der Waals surface area contributed by atoms with Gasteiger partial charge in [-0.1, -0.05) is 127 Å². The van der Waals surface area contributed by atoms with Gasteiger partial charge in [-0.15, -0.1) is 0 Å². The number of rotatable bonds is 20. The van der Waals surface area contributed by atoms with Crippen LogP contribution in [0, 0.1) is 5.92 Å². The van der Waals surface area contributed by atoms with Crippen molar-refractivity contribution < 1.29 is 33.9 Å². The fourth-order valence-corrected chi connectivity index (χ4v) is 6.64. The highest BCUT2D eigenvalue weighted by atomic mass is 16.4. The molecule has 0 saturated carbocycles. The van der Waals surface area contributed by atoms with Crippen LogP contribution in [0.2, 0.25) is 0 Å². The van der Waals surface area contributed by atoms with E-state index < -0.39 is 53.8 Å². The maximum Gasteiger partial charge on any atom is 0.325 e. The first-order valence-corrected chi connectivity index (χ1v) is 19.8. The molecule has 4 aromatic rings. The summed E-state index contributed by atoms with van der Waals surface area (Å²) in [5.41, 5.74) is 4.09. The number of carboxylic acids is 1. The molecule has 59 heavy (non-hydrogen) atoms. The molecular formula is C47H51N5O7. The van der Waals surface area contributed by atoms with Crippen molar-refractivity contribution in [2.24, 2.45) is 5.92 Å². The molecule has 12 nitrogen and oxygen atoms in total. The first kappa shape index (κ1) is 43.3. The smallest absolute Gasteiger partial charge is 0.325 e. The molecule has 2 unspecified atom stereocenters. The number of hydrogen-bond donors (Lipinski definition) is 6. The number of nitrogens with one attached hydrogen (secondary N) is 5. The number of amides is 5. The zero-order valence-electron chi connectivity index (χ0n) is 33.0. The maximum absolute atomic E-state index is 14.3. The molecule has 0 spiro atoms. The Kier molecular flexibility index (Phi) is 16.3. The van der Waals surface area contributed by atoms with Crippen LogP contribution in [0.5, 0.6) is 0 Å². The fourth-order valence-electron chi connectivity index (χ4n) is 6.64. The van der Waals surface area contributed by atoms with Crippen LogP contribution in [0.1, 0.15) is 54.1 Å². The van der Waals surface area contributed by atoms with Crippen molar-refractivity contribution in [2.75, 3.05) is 6.54 Å². The molecule has 5 atom stereocenters. The molecule has 0 bridgehead atoms. The van der Waals surface area contributed by atoms with Gasteiger partial charge < -0.3 is 31.7 Å². The van der Waals surface area contributed by atoms with Crippen molar-refractivity contribution in [1.82, 2.24) is 26.6 Å². The Morgan fingerprint density at radius 1 is 0.644 bits per heavy atom. The molecule has 0 saturated heterocycles. The lowest BCUT2D eigenvalue weighted by molar-refractivity contribution is -0.142. The number of benzene rings is 4. The molecule has 5 rings (SSSR count). The second-order valence-corrected chi connectivity index (χ2v) is 14.5. The van der Waals surface area contributed by atoms with Crippen LogP contribution in [0.4, 0.5) is 0 Å². The molecule has 0 aromatic heterocycles. The van der Waals surface area contributed by atoms with Gasteiger partial charge in [0.1, 0.15) is 24.2 Å². The number of aryl methyl sites for hydroxylation is 1. The van der Waals surface area contributed by atoms with Gasteiger partial charge in [0, 0.05) is 24.9 Å². The van der Waals surface area contributed by atoms with Gasteiger partial charge in [-0.2, -0.15) is 0 Å². The van der Waals surface area contributed by atoms with Crippen molar-refractivity contribution in [2.45, 2.75) is 69.6 Å². The minimum absolute atomic E-state index is 0.0342. The van der Waals surface area contributed by atoms with Crippen LogP contribution in [-0.4, -0.2) is 71.3 Å². The van der Waals surface area contributed by atoms with E-state index in [0.29, 0.717) is 18.4 Å². The molecule has 306 valence electrons. The van der Waals surface area contributed by atoms with E-state index >= 15 is 0 Å². The largest absolute Gasteiger partial charge is 0.480 e. The first-order valence-electron chi connectivity index (χ1n) is 19.8. The van der Waals surface area contributed by atoms with Crippen molar-refractivity contribution in [3.05, 3.63) is 156 Å². The van der Waals surface area contributed by atoms with Crippen LogP contribution < -0.4 is 26.6 Å². The minimum atomic E-state index is -1.23. The van der Waals surface area contributed by atoms with Gasteiger partial charge in [-0.25, -0.2) is 0 Å². The van der Waals surface area contributed by atoms with Gasteiger partial charge >= 0.3 is 5.97 Å². The number of hydrogen-bond acceptors (Lipinski definition) is 6. The zero-order chi connectivity index (χ0) is 42.0. The van der Waals surface area contributed by atoms with Crippen LogP contribution in [0.25, 0.3) is 11.1 Å². The van der Waals surface area contributed by atoms with Crippen molar-refractivity contribution in [1.29, 1.82) is 0 Å². The second-order valence-electron chi connectivity index (χ2n) is 14.5. The average molecular weight is 798 g/mol. The van der Waals surface area contributed by atoms with Gasteiger partial charge in [-0.3, -0.25) is 28.8 Å². The quantitative estimate of drug-likeness (QED) is 0.0734. The summed E-state index contributed by atoms with van der Waals surface area (Å²) in [4.78, 5) is 79.5. The lowest BCUT2D eigenvalue weighted by atomic mass is 9.92. The number of carbonyl (C=O) groups excluding carboxylic acids is 5. The van der Waals surface area contributed by atoms with Crippen LogP contribution in [0.15, 0.2) is 140 Å². The lowest BCUT2D eigenvalue weighted by Crippen LogP contribution is -2.58. The third kappa shape index (κ3) is 14.0. The van der Waals surface area contributed by atoms with Crippen LogP contribution in [-0.2, 0) is 36.8 Å². The Bertz CT molecular complexity index is 2090. The van der Waals surface area contributed by atoms with Gasteiger partial charge in [0.25, 0.3) is 5.91 Å². The van der Waals surface area contributed by atoms with E-state index in [2.05, 4.69) is 26.6 Å². The predicted molar refractivity (Wildman–Crippen MR) is 226 cm³/mol. The number of aliphatic carboxylic acids is 1. The summed E-state index contributed by atoms with van der Waals surface area (Å²) < 4.78 is 0. The van der Waals surface area contributed by atoms with E-state index in [-0.39, 0.29) is 44.1 Å². The highest BCUT2D eigenvalue weighted by Crippen LogP contribution is 2.21. The van der Waals surface area contributed by atoms with Crippen molar-refractivity contribution >= 4 is 35.5 Å². The van der Waals surface area contributed by atoms with Gasteiger partial charge in [-0.05, 0) is 72.9 Å². The summed E-state index contributed by atoms with van der Waals surface area (Å²) in [5.74, 6) is -4.06. The molecule has 1 aliphatic rings. The lowest BCUT2D eigenvalue weighted by Gasteiger charge is -2.27. The Balaban J connectivity index is 1.36.